The van der Waals surface area contributed by atoms with E-state index >= 15 is 0 Å². The van der Waals surface area contributed by atoms with Gasteiger partial charge in [0.2, 0.25) is 0 Å². The minimum atomic E-state index is -0.902. The second kappa shape index (κ2) is 6.07. The van der Waals surface area contributed by atoms with Crippen LogP contribution in [0.3, 0.4) is 0 Å². The lowest BCUT2D eigenvalue weighted by Crippen LogP contribution is -2.05. The van der Waals surface area contributed by atoms with Crippen molar-refractivity contribution in [3.63, 3.8) is 0 Å². The van der Waals surface area contributed by atoms with Gasteiger partial charge in [0.1, 0.15) is 11.6 Å². The highest BCUT2D eigenvalue weighted by Gasteiger charge is 2.21. The van der Waals surface area contributed by atoms with Crippen molar-refractivity contribution < 1.29 is 14.2 Å². The fraction of sp³-hybridized carbons (Fsp3) is 0.250. The van der Waals surface area contributed by atoms with Crippen molar-refractivity contribution in [2.45, 2.75) is 18.9 Å². The van der Waals surface area contributed by atoms with Crippen LogP contribution in [0.15, 0.2) is 39.3 Å². The van der Waals surface area contributed by atoms with E-state index in [1.54, 1.807) is 12.1 Å². The van der Waals surface area contributed by atoms with E-state index in [9.17, 15) is 9.50 Å². The third kappa shape index (κ3) is 3.15. The Hall–Kier alpha value is -0.910. The number of halogens is 3. The lowest BCUT2D eigenvalue weighted by molar-refractivity contribution is 0.172. The molecule has 2 aromatic rings. The highest BCUT2D eigenvalue weighted by Crippen LogP contribution is 2.35. The Morgan fingerprint density at radius 1 is 1.19 bits per heavy atom. The fourth-order valence-electron chi connectivity index (χ4n) is 2.59. The van der Waals surface area contributed by atoms with E-state index in [0.29, 0.717) is 23.1 Å². The number of aliphatic hydroxyl groups excluding tert-OH is 1. The first-order chi connectivity index (χ1) is 10.0. The smallest absolute Gasteiger partial charge is 0.130 e. The van der Waals surface area contributed by atoms with Crippen LogP contribution < -0.4 is 4.74 Å². The molecule has 0 saturated carbocycles. The number of aliphatic hydroxyl groups is 1. The molecule has 1 unspecified atom stereocenters. The normalized spacial score (nSPS) is 14.7. The van der Waals surface area contributed by atoms with Gasteiger partial charge in [-0.05, 0) is 35.4 Å². The second-order valence-electron chi connectivity index (χ2n) is 5.04. The van der Waals surface area contributed by atoms with E-state index in [1.165, 1.54) is 6.07 Å². The minimum Gasteiger partial charge on any atom is -0.493 e. The molecule has 1 atom stereocenters. The summed E-state index contributed by atoms with van der Waals surface area (Å²) in [4.78, 5) is 0. The number of rotatable bonds is 3. The Balaban J connectivity index is 1.90. The molecule has 0 aromatic heterocycles. The van der Waals surface area contributed by atoms with E-state index < -0.39 is 11.9 Å². The van der Waals surface area contributed by atoms with Gasteiger partial charge in [0.25, 0.3) is 0 Å². The number of ether oxygens (including phenoxy) is 1. The maximum absolute atomic E-state index is 13.9. The molecule has 1 heterocycles. The van der Waals surface area contributed by atoms with Crippen LogP contribution in [0.2, 0.25) is 0 Å². The van der Waals surface area contributed by atoms with Gasteiger partial charge in [-0.2, -0.15) is 0 Å². The van der Waals surface area contributed by atoms with Crippen molar-refractivity contribution in [1.29, 1.82) is 0 Å². The topological polar surface area (TPSA) is 29.5 Å². The number of fused-ring (bicyclic) bond motifs is 1. The predicted octanol–water partition coefficient (Wildman–Crippen LogP) is 4.56. The third-order valence-electron chi connectivity index (χ3n) is 3.56. The molecule has 110 valence electrons. The molecule has 21 heavy (non-hydrogen) atoms. The Kier molecular flexibility index (Phi) is 4.33. The third-order valence-corrected chi connectivity index (χ3v) is 4.51. The predicted molar refractivity (Wildman–Crippen MR) is 86.1 cm³/mol. The maximum atomic E-state index is 13.9. The zero-order valence-electron chi connectivity index (χ0n) is 11.1. The van der Waals surface area contributed by atoms with Crippen LogP contribution in [0.5, 0.6) is 5.75 Å². The first-order valence-electron chi connectivity index (χ1n) is 6.61. The Morgan fingerprint density at radius 3 is 2.76 bits per heavy atom. The molecule has 0 spiro atoms. The molecule has 0 radical (unpaired) electrons. The van der Waals surface area contributed by atoms with Crippen molar-refractivity contribution in [2.24, 2.45) is 0 Å². The molecule has 0 aliphatic carbocycles. The van der Waals surface area contributed by atoms with E-state index in [1.807, 2.05) is 12.1 Å². The summed E-state index contributed by atoms with van der Waals surface area (Å²) in [5, 5.41) is 10.3. The van der Waals surface area contributed by atoms with Gasteiger partial charge >= 0.3 is 0 Å². The fourth-order valence-corrected chi connectivity index (χ4v) is 3.47. The summed E-state index contributed by atoms with van der Waals surface area (Å²) in [6.45, 7) is 0.654. The van der Waals surface area contributed by atoms with Gasteiger partial charge in [0, 0.05) is 27.4 Å². The molecule has 1 aliphatic heterocycles. The first-order valence-corrected chi connectivity index (χ1v) is 8.20. The Labute approximate surface area is 139 Å². The molecular weight excluding hydrogens is 403 g/mol. The van der Waals surface area contributed by atoms with E-state index in [2.05, 4.69) is 31.9 Å². The zero-order valence-corrected chi connectivity index (χ0v) is 14.2. The van der Waals surface area contributed by atoms with Crippen LogP contribution in [0.25, 0.3) is 0 Å². The van der Waals surface area contributed by atoms with Crippen molar-refractivity contribution in [3.05, 3.63) is 61.8 Å². The quantitative estimate of drug-likeness (QED) is 0.796. The average molecular weight is 416 g/mol. The summed E-state index contributed by atoms with van der Waals surface area (Å²) in [6, 6.07) is 8.63. The molecule has 1 N–H and O–H groups in total. The summed E-state index contributed by atoms with van der Waals surface area (Å²) in [5.41, 5.74) is 2.32. The molecular formula is C16H13Br2FO2. The molecule has 3 rings (SSSR count). The summed E-state index contributed by atoms with van der Waals surface area (Å²) in [7, 11) is 0. The number of benzene rings is 2. The molecule has 2 nitrogen and oxygen atoms in total. The van der Waals surface area contributed by atoms with E-state index in [-0.39, 0.29) is 0 Å². The Bertz CT molecular complexity index is 688. The largest absolute Gasteiger partial charge is 0.493 e. The van der Waals surface area contributed by atoms with Crippen LogP contribution in [0.4, 0.5) is 4.39 Å². The van der Waals surface area contributed by atoms with Crippen molar-refractivity contribution in [3.8, 4) is 5.75 Å². The Morgan fingerprint density at radius 2 is 2.00 bits per heavy atom. The lowest BCUT2D eigenvalue weighted by Gasteiger charge is -2.15. The average Bonchev–Trinajstić information content (AvgIpc) is 2.86. The van der Waals surface area contributed by atoms with Crippen molar-refractivity contribution in [2.75, 3.05) is 6.61 Å². The van der Waals surface area contributed by atoms with Crippen molar-refractivity contribution in [1.82, 2.24) is 0 Å². The monoisotopic (exact) mass is 414 g/mol. The van der Waals surface area contributed by atoms with Crippen LogP contribution in [0, 0.1) is 5.82 Å². The van der Waals surface area contributed by atoms with Crippen LogP contribution >= 0.6 is 31.9 Å². The molecule has 0 amide bonds. The summed E-state index contributed by atoms with van der Waals surface area (Å²) < 4.78 is 21.2. The highest BCUT2D eigenvalue weighted by molar-refractivity contribution is 9.10. The van der Waals surface area contributed by atoms with E-state index in [0.717, 1.165) is 27.8 Å². The van der Waals surface area contributed by atoms with Crippen LogP contribution in [-0.4, -0.2) is 11.7 Å². The van der Waals surface area contributed by atoms with Crippen LogP contribution in [-0.2, 0) is 12.8 Å². The maximum Gasteiger partial charge on any atom is 0.130 e. The molecule has 0 bridgehead atoms. The van der Waals surface area contributed by atoms with Crippen molar-refractivity contribution >= 4 is 31.9 Å². The summed E-state index contributed by atoms with van der Waals surface area (Å²) in [6.07, 6.45) is 0.283. The summed E-state index contributed by atoms with van der Waals surface area (Å²) >= 11 is 6.68. The van der Waals surface area contributed by atoms with Gasteiger partial charge in [-0.3, -0.25) is 0 Å². The molecule has 2 aromatic carbocycles. The second-order valence-corrected chi connectivity index (χ2v) is 6.87. The van der Waals surface area contributed by atoms with Gasteiger partial charge in [0.05, 0.1) is 12.7 Å². The standard InChI is InChI=1S/C16H13Br2FO2/c17-11-1-2-13(14(19)8-11)15(20)7-10-6-12(18)5-9-3-4-21-16(9)10/h1-2,5-6,8,15,20H,3-4,7H2. The minimum absolute atomic E-state index is 0.296. The van der Waals surface area contributed by atoms with E-state index in [4.69, 9.17) is 4.74 Å². The molecule has 0 fully saturated rings. The molecule has 5 heteroatoms. The van der Waals surface area contributed by atoms with Gasteiger partial charge in [-0.25, -0.2) is 4.39 Å². The first kappa shape index (κ1) is 15.0. The highest BCUT2D eigenvalue weighted by atomic mass is 79.9. The van der Waals surface area contributed by atoms with Gasteiger partial charge < -0.3 is 9.84 Å². The SMILES string of the molecule is OC(Cc1cc(Br)cc2c1OCC2)c1ccc(Br)cc1F. The summed E-state index contributed by atoms with van der Waals surface area (Å²) in [5.74, 6) is 0.416. The lowest BCUT2D eigenvalue weighted by atomic mass is 9.98. The van der Waals surface area contributed by atoms with Gasteiger partial charge in [0.15, 0.2) is 0 Å². The number of hydrogen-bond acceptors (Lipinski definition) is 2. The van der Waals surface area contributed by atoms with Gasteiger partial charge in [-0.1, -0.05) is 37.9 Å². The zero-order chi connectivity index (χ0) is 15.0. The number of hydrogen-bond donors (Lipinski definition) is 1. The van der Waals surface area contributed by atoms with Gasteiger partial charge in [-0.15, -0.1) is 0 Å². The molecule has 0 saturated heterocycles. The molecule has 1 aliphatic rings. The van der Waals surface area contributed by atoms with Crippen LogP contribution in [0.1, 0.15) is 22.8 Å².